The first-order valence-corrected chi connectivity index (χ1v) is 35.8. The fraction of sp³-hybridized carbons (Fsp3) is 0.213. The van der Waals surface area contributed by atoms with Crippen molar-refractivity contribution in [2.24, 2.45) is 0 Å². The molecule has 0 radical (unpaired) electrons. The summed E-state index contributed by atoms with van der Waals surface area (Å²) in [6.45, 7) is 32.8. The summed E-state index contributed by atoms with van der Waals surface area (Å²) in [5.74, 6) is 0.853. The van der Waals surface area contributed by atoms with E-state index in [2.05, 4.69) is 366 Å². The molecule has 1 aliphatic carbocycles. The van der Waals surface area contributed by atoms with Crippen molar-refractivity contribution in [1.82, 2.24) is 0 Å². The summed E-state index contributed by atoms with van der Waals surface area (Å²) < 4.78 is 14.9. The standard InChI is InChI=1S/C94H86BN3O2/c1-90(2,3)62-36-42-66(43-37-62)97(67-44-38-63(39-45-67)91(4,5)6)69-48-49-70-73-52-75-80(55-78(73)94(13,14)77(70)51-69)98(68-46-40-64(41-47-68)92(7,8)9)95-79-56-84-76(85(59-28-20-16-21-29-59)88(100-84)60-30-22-17-23-31-60)54-81(79)96(82-53-74-71-32-24-25-33-83(71)99-89(74)86(75)87(82)95)57-61-34-35-65(93(10,11)12)50-72(61)58-26-18-15-19-27-58/h15-56H,57H2,1-14H3. The van der Waals surface area contributed by atoms with E-state index in [1.165, 1.54) is 66.7 Å². The number of furan rings is 2. The van der Waals surface area contributed by atoms with Gasteiger partial charge >= 0.3 is 6.85 Å². The van der Waals surface area contributed by atoms with Crippen molar-refractivity contribution in [3.63, 3.8) is 0 Å². The number of fused-ring (bicyclic) bond motifs is 12. The number of benzene rings is 12. The van der Waals surface area contributed by atoms with Crippen molar-refractivity contribution in [2.75, 3.05) is 14.6 Å². The van der Waals surface area contributed by atoms with Gasteiger partial charge in [-0.2, -0.15) is 0 Å². The summed E-state index contributed by atoms with van der Waals surface area (Å²) in [5.41, 5.74) is 31.7. The molecule has 0 atom stereocenters. The molecular formula is C94H86BN3O2. The summed E-state index contributed by atoms with van der Waals surface area (Å²) in [6, 6.07) is 96.1. The highest BCUT2D eigenvalue weighted by molar-refractivity contribution is 6.94. The number of rotatable bonds is 9. The molecule has 0 unspecified atom stereocenters. The third-order valence-electron chi connectivity index (χ3n) is 22.0. The van der Waals surface area contributed by atoms with E-state index in [1.54, 1.807) is 0 Å². The van der Waals surface area contributed by atoms with Gasteiger partial charge in [0, 0.05) is 90.2 Å². The Labute approximate surface area is 590 Å². The lowest BCUT2D eigenvalue weighted by Gasteiger charge is -2.46. The summed E-state index contributed by atoms with van der Waals surface area (Å²) in [4.78, 5) is 7.80. The van der Waals surface area contributed by atoms with E-state index in [1.807, 2.05) is 0 Å². The van der Waals surface area contributed by atoms with Gasteiger partial charge in [0.05, 0.1) is 0 Å². The lowest BCUT2D eigenvalue weighted by molar-refractivity contribution is 0.590. The number of para-hydroxylation sites is 1. The van der Waals surface area contributed by atoms with E-state index in [0.29, 0.717) is 6.54 Å². The second-order valence-electron chi connectivity index (χ2n) is 32.9. The van der Waals surface area contributed by atoms with Crippen molar-refractivity contribution in [2.45, 2.75) is 131 Å². The van der Waals surface area contributed by atoms with Crippen LogP contribution in [-0.2, 0) is 33.6 Å². The molecule has 12 aromatic carbocycles. The first-order valence-electron chi connectivity index (χ1n) is 35.8. The van der Waals surface area contributed by atoms with Gasteiger partial charge in [-0.15, -0.1) is 0 Å². The van der Waals surface area contributed by atoms with Crippen molar-refractivity contribution >= 4 is 90.5 Å². The molecule has 6 heteroatoms. The van der Waals surface area contributed by atoms with Crippen LogP contribution in [0.1, 0.15) is 136 Å². The lowest BCUT2D eigenvalue weighted by atomic mass is 9.43. The molecule has 0 N–H and O–H groups in total. The highest BCUT2D eigenvalue weighted by Crippen LogP contribution is 2.58. The highest BCUT2D eigenvalue weighted by Gasteiger charge is 2.49. The minimum Gasteiger partial charge on any atom is -0.455 e. The van der Waals surface area contributed by atoms with E-state index in [-0.39, 0.29) is 28.5 Å². The minimum atomic E-state index is -0.422. The Balaban J connectivity index is 0.955. The van der Waals surface area contributed by atoms with Crippen molar-refractivity contribution in [3.05, 3.63) is 294 Å². The van der Waals surface area contributed by atoms with E-state index >= 15 is 0 Å². The molecule has 0 saturated heterocycles. The molecule has 2 aliphatic heterocycles. The molecule has 5 nitrogen and oxygen atoms in total. The van der Waals surface area contributed by atoms with Crippen LogP contribution in [0.2, 0.25) is 0 Å². The topological polar surface area (TPSA) is 36.0 Å². The molecule has 4 heterocycles. The molecule has 3 aliphatic rings. The molecule has 492 valence electrons. The number of hydrogen-bond acceptors (Lipinski definition) is 5. The van der Waals surface area contributed by atoms with E-state index in [9.17, 15) is 0 Å². The Hall–Kier alpha value is -10.6. The molecule has 14 aromatic rings. The van der Waals surface area contributed by atoms with Crippen LogP contribution in [0.3, 0.4) is 0 Å². The average Bonchev–Trinajstić information content (AvgIpc) is 1.30. The van der Waals surface area contributed by atoms with Gasteiger partial charge in [0.15, 0.2) is 0 Å². The fourth-order valence-electron chi connectivity index (χ4n) is 16.4. The quantitative estimate of drug-likeness (QED) is 0.135. The Morgan fingerprint density at radius 1 is 0.380 bits per heavy atom. The Kier molecular flexibility index (Phi) is 14.3. The third kappa shape index (κ3) is 10.3. The second kappa shape index (κ2) is 22.7. The summed E-state index contributed by atoms with van der Waals surface area (Å²) in [6.07, 6.45) is 0. The minimum absolute atomic E-state index is 0.0150. The second-order valence-corrected chi connectivity index (χ2v) is 32.9. The maximum Gasteiger partial charge on any atom is 0.333 e. The van der Waals surface area contributed by atoms with Crippen LogP contribution >= 0.6 is 0 Å². The van der Waals surface area contributed by atoms with Crippen molar-refractivity contribution in [1.29, 1.82) is 0 Å². The summed E-state index contributed by atoms with van der Waals surface area (Å²) >= 11 is 0. The monoisotopic (exact) mass is 1300 g/mol. The predicted molar refractivity (Wildman–Crippen MR) is 425 cm³/mol. The van der Waals surface area contributed by atoms with Crippen molar-refractivity contribution < 1.29 is 8.83 Å². The molecule has 17 rings (SSSR count). The van der Waals surface area contributed by atoms with Gasteiger partial charge in [0.1, 0.15) is 22.5 Å². The van der Waals surface area contributed by atoms with E-state index < -0.39 is 5.41 Å². The smallest absolute Gasteiger partial charge is 0.333 e. The molecule has 2 aromatic heterocycles. The molecule has 0 fully saturated rings. The summed E-state index contributed by atoms with van der Waals surface area (Å²) in [5, 5.41) is 3.25. The van der Waals surface area contributed by atoms with Gasteiger partial charge in [-0.25, -0.2) is 0 Å². The van der Waals surface area contributed by atoms with Crippen molar-refractivity contribution in [3.8, 4) is 55.8 Å². The maximum absolute atomic E-state index is 7.47. The van der Waals surface area contributed by atoms with Gasteiger partial charge in [0.25, 0.3) is 0 Å². The molecule has 100 heavy (non-hydrogen) atoms. The first kappa shape index (κ1) is 62.9. The molecular weight excluding hydrogens is 1210 g/mol. The third-order valence-corrected chi connectivity index (χ3v) is 22.0. The maximum atomic E-state index is 7.47. The average molecular weight is 1300 g/mol. The zero-order valence-corrected chi connectivity index (χ0v) is 60.2. The van der Waals surface area contributed by atoms with Crippen LogP contribution in [0.5, 0.6) is 0 Å². The van der Waals surface area contributed by atoms with Crippen LogP contribution in [0.15, 0.2) is 264 Å². The van der Waals surface area contributed by atoms with Gasteiger partial charge in [-0.3, -0.25) is 0 Å². The SMILES string of the molecule is CC(C)(C)c1ccc(N2B3c4cc5oc(-c6ccccc6)c(-c6ccccc6)c5cc4N(Cc4ccc(C(C)(C)C)cc4-c4ccccc4)c4cc5c(oc6ccccc65)c(c43)-c3cc4c(cc32)C(C)(C)c2cc(N(c3ccc(C(C)(C)C)cc3)c3ccc(C(C)(C)C)cc3)ccc2-4)cc1. The number of anilines is 7. The normalized spacial score (nSPS) is 14.0. The number of nitrogens with zero attached hydrogens (tertiary/aromatic N) is 3. The Morgan fingerprint density at radius 2 is 0.910 bits per heavy atom. The van der Waals surface area contributed by atoms with Crippen LogP contribution in [-0.4, -0.2) is 6.85 Å². The van der Waals surface area contributed by atoms with Gasteiger partial charge in [-0.1, -0.05) is 267 Å². The number of hydrogen-bond donors (Lipinski definition) is 0. The largest absolute Gasteiger partial charge is 0.455 e. The van der Waals surface area contributed by atoms with Crippen LogP contribution in [0, 0.1) is 0 Å². The molecule has 0 amide bonds. The fourth-order valence-corrected chi connectivity index (χ4v) is 16.4. The van der Waals surface area contributed by atoms with Crippen LogP contribution in [0.4, 0.5) is 39.8 Å². The Bertz CT molecular complexity index is 5500. The predicted octanol–water partition coefficient (Wildman–Crippen LogP) is 24.9. The van der Waals surface area contributed by atoms with Gasteiger partial charge < -0.3 is 23.4 Å². The van der Waals surface area contributed by atoms with Crippen LogP contribution < -0.4 is 25.5 Å². The molecule has 0 spiro atoms. The zero-order chi connectivity index (χ0) is 69.1. The van der Waals surface area contributed by atoms with Gasteiger partial charge in [-0.05, 0) is 184 Å². The highest BCUT2D eigenvalue weighted by atomic mass is 16.3. The lowest BCUT2D eigenvalue weighted by Crippen LogP contribution is -2.62. The van der Waals surface area contributed by atoms with E-state index in [4.69, 9.17) is 8.83 Å². The van der Waals surface area contributed by atoms with E-state index in [0.717, 1.165) is 112 Å². The Morgan fingerprint density at radius 3 is 1.52 bits per heavy atom. The zero-order valence-electron chi connectivity index (χ0n) is 60.2. The molecule has 0 saturated carbocycles. The molecule has 0 bridgehead atoms. The van der Waals surface area contributed by atoms with Gasteiger partial charge in [0.2, 0.25) is 0 Å². The summed E-state index contributed by atoms with van der Waals surface area (Å²) in [7, 11) is 0. The van der Waals surface area contributed by atoms with Crippen LogP contribution in [0.25, 0.3) is 88.7 Å². The first-order chi connectivity index (χ1) is 47.9.